The molecule has 2 nitrogen and oxygen atoms in total. The molecule has 0 aliphatic carbocycles. The zero-order chi connectivity index (χ0) is 13.1. The van der Waals surface area contributed by atoms with Gasteiger partial charge in [0, 0.05) is 11.0 Å². The second kappa shape index (κ2) is 5.85. The first kappa shape index (κ1) is 14.5. The third kappa shape index (κ3) is 4.66. The highest BCUT2D eigenvalue weighted by molar-refractivity contribution is 9.09. The lowest BCUT2D eigenvalue weighted by atomic mass is 9.81. The smallest absolute Gasteiger partial charge is 0.138 e. The van der Waals surface area contributed by atoms with Crippen LogP contribution in [0.2, 0.25) is 0 Å². The summed E-state index contributed by atoms with van der Waals surface area (Å²) in [6, 6.07) is 2.10. The third-order valence-corrected chi connectivity index (χ3v) is 2.98. The number of nitrogens with zero attached hydrogens (tertiary/aromatic N) is 1. The summed E-state index contributed by atoms with van der Waals surface area (Å²) >= 11 is 3.61. The van der Waals surface area contributed by atoms with E-state index < -0.39 is 0 Å². The molecular weight excluding hydrogens is 278 g/mol. The maximum absolute atomic E-state index is 5.68. The molecule has 1 aromatic rings. The van der Waals surface area contributed by atoms with Crippen molar-refractivity contribution < 1.29 is 4.74 Å². The Labute approximate surface area is 113 Å². The maximum Gasteiger partial charge on any atom is 0.138 e. The molecule has 0 saturated heterocycles. The molecule has 0 N–H and O–H groups in total. The van der Waals surface area contributed by atoms with Gasteiger partial charge in [0.25, 0.3) is 0 Å². The highest BCUT2D eigenvalue weighted by atomic mass is 79.9. The van der Waals surface area contributed by atoms with E-state index in [0.29, 0.717) is 4.83 Å². The van der Waals surface area contributed by atoms with Crippen LogP contribution in [0.25, 0.3) is 0 Å². The Morgan fingerprint density at radius 2 is 1.94 bits per heavy atom. The van der Waals surface area contributed by atoms with Gasteiger partial charge in [-0.15, -0.1) is 0 Å². The van der Waals surface area contributed by atoms with E-state index in [9.17, 15) is 0 Å². The summed E-state index contributed by atoms with van der Waals surface area (Å²) in [7, 11) is 0. The van der Waals surface area contributed by atoms with Crippen LogP contribution in [0.15, 0.2) is 18.5 Å². The molecule has 0 bridgehead atoms. The van der Waals surface area contributed by atoms with E-state index in [4.69, 9.17) is 4.74 Å². The van der Waals surface area contributed by atoms with Crippen molar-refractivity contribution >= 4 is 15.9 Å². The van der Waals surface area contributed by atoms with Gasteiger partial charge >= 0.3 is 0 Å². The van der Waals surface area contributed by atoms with E-state index in [1.807, 2.05) is 20.0 Å². The Morgan fingerprint density at radius 1 is 1.29 bits per heavy atom. The molecule has 3 heteroatoms. The average molecular weight is 300 g/mol. The third-order valence-electron chi connectivity index (χ3n) is 2.66. The first-order valence-corrected chi connectivity index (χ1v) is 6.99. The molecule has 1 aromatic heterocycles. The molecule has 0 amide bonds. The molecule has 0 fully saturated rings. The van der Waals surface area contributed by atoms with Gasteiger partial charge < -0.3 is 4.74 Å². The molecule has 1 atom stereocenters. The van der Waals surface area contributed by atoms with Gasteiger partial charge in [0.1, 0.15) is 5.75 Å². The summed E-state index contributed by atoms with van der Waals surface area (Å²) in [5, 5.41) is 0. The quantitative estimate of drug-likeness (QED) is 0.756. The lowest BCUT2D eigenvalue weighted by Crippen LogP contribution is -2.21. The highest BCUT2D eigenvalue weighted by Crippen LogP contribution is 2.31. The van der Waals surface area contributed by atoms with Gasteiger partial charge in [0.2, 0.25) is 0 Å². The number of halogens is 1. The summed E-state index contributed by atoms with van der Waals surface area (Å²) in [6.07, 6.45) is 4.96. The van der Waals surface area contributed by atoms with Crippen molar-refractivity contribution in [3.05, 3.63) is 24.0 Å². The predicted molar refractivity (Wildman–Crippen MR) is 76.0 cm³/mol. The van der Waals surface area contributed by atoms with Crippen LogP contribution in [-0.2, 0) is 5.41 Å². The summed E-state index contributed by atoms with van der Waals surface area (Å²) in [6.45, 7) is 10.7. The van der Waals surface area contributed by atoms with Crippen LogP contribution in [-0.4, -0.2) is 15.9 Å². The van der Waals surface area contributed by atoms with E-state index in [2.05, 4.69) is 47.8 Å². The standard InChI is InChI=1S/C14H22BrNO/c1-10(2)17-13-6-12(8-16-9-13)14(4,5)7-11(3)15/h6,8-11H,7H2,1-5H3. The minimum Gasteiger partial charge on any atom is -0.489 e. The average Bonchev–Trinajstić information content (AvgIpc) is 2.15. The van der Waals surface area contributed by atoms with Crippen LogP contribution < -0.4 is 4.74 Å². The van der Waals surface area contributed by atoms with Gasteiger partial charge in [0.05, 0.1) is 12.3 Å². The molecule has 0 spiro atoms. The fraction of sp³-hybridized carbons (Fsp3) is 0.643. The summed E-state index contributed by atoms with van der Waals surface area (Å²) in [5.74, 6) is 0.854. The normalized spacial score (nSPS) is 13.8. The summed E-state index contributed by atoms with van der Waals surface area (Å²) < 4.78 is 5.68. The van der Waals surface area contributed by atoms with Crippen molar-refractivity contribution in [3.63, 3.8) is 0 Å². The van der Waals surface area contributed by atoms with Crippen molar-refractivity contribution in [2.45, 2.75) is 57.4 Å². The van der Waals surface area contributed by atoms with E-state index in [1.54, 1.807) is 6.20 Å². The molecule has 0 radical (unpaired) electrons. The number of pyridine rings is 1. The van der Waals surface area contributed by atoms with Crippen molar-refractivity contribution in [3.8, 4) is 5.75 Å². The van der Waals surface area contributed by atoms with Gasteiger partial charge in [-0.1, -0.05) is 36.7 Å². The van der Waals surface area contributed by atoms with Gasteiger partial charge in [0.15, 0.2) is 0 Å². The Balaban J connectivity index is 2.90. The zero-order valence-electron chi connectivity index (χ0n) is 11.3. The van der Waals surface area contributed by atoms with Crippen molar-refractivity contribution in [1.82, 2.24) is 4.98 Å². The van der Waals surface area contributed by atoms with Crippen LogP contribution in [0.1, 0.15) is 46.6 Å². The summed E-state index contributed by atoms with van der Waals surface area (Å²) in [4.78, 5) is 4.76. The van der Waals surface area contributed by atoms with Crippen LogP contribution in [0.5, 0.6) is 5.75 Å². The number of rotatable bonds is 5. The number of hydrogen-bond acceptors (Lipinski definition) is 2. The Morgan fingerprint density at radius 3 is 2.47 bits per heavy atom. The second-order valence-electron chi connectivity index (χ2n) is 5.44. The summed E-state index contributed by atoms with van der Waals surface area (Å²) in [5.41, 5.74) is 1.33. The second-order valence-corrected chi connectivity index (χ2v) is 7.01. The lowest BCUT2D eigenvalue weighted by Gasteiger charge is -2.26. The monoisotopic (exact) mass is 299 g/mol. The largest absolute Gasteiger partial charge is 0.489 e. The molecule has 1 rings (SSSR count). The molecular formula is C14H22BrNO. The topological polar surface area (TPSA) is 22.1 Å². The number of hydrogen-bond donors (Lipinski definition) is 0. The molecule has 0 saturated carbocycles. The molecule has 0 aliphatic rings. The Bertz CT molecular complexity index is 361. The van der Waals surface area contributed by atoms with Crippen molar-refractivity contribution in [2.75, 3.05) is 0 Å². The first-order chi connectivity index (χ1) is 7.81. The van der Waals surface area contributed by atoms with Gasteiger partial charge in [-0.05, 0) is 37.3 Å². The first-order valence-electron chi connectivity index (χ1n) is 6.07. The van der Waals surface area contributed by atoms with Crippen LogP contribution in [0.3, 0.4) is 0 Å². The Kier molecular flexibility index (Phi) is 4.99. The molecule has 1 unspecified atom stereocenters. The number of ether oxygens (including phenoxy) is 1. The molecule has 0 aliphatic heterocycles. The molecule has 17 heavy (non-hydrogen) atoms. The van der Waals surface area contributed by atoms with E-state index in [1.165, 1.54) is 5.56 Å². The van der Waals surface area contributed by atoms with Gasteiger partial charge in [-0.2, -0.15) is 0 Å². The number of alkyl halides is 1. The minimum absolute atomic E-state index is 0.103. The van der Waals surface area contributed by atoms with Gasteiger partial charge in [-0.25, -0.2) is 0 Å². The van der Waals surface area contributed by atoms with Crippen LogP contribution in [0, 0.1) is 0 Å². The van der Waals surface area contributed by atoms with Gasteiger partial charge in [-0.3, -0.25) is 4.98 Å². The van der Waals surface area contributed by atoms with Crippen molar-refractivity contribution in [1.29, 1.82) is 0 Å². The van der Waals surface area contributed by atoms with E-state index in [0.717, 1.165) is 12.2 Å². The fourth-order valence-electron chi connectivity index (χ4n) is 1.95. The molecule has 1 heterocycles. The Hall–Kier alpha value is -0.570. The fourth-order valence-corrected chi connectivity index (χ4v) is 2.76. The van der Waals surface area contributed by atoms with Crippen molar-refractivity contribution in [2.24, 2.45) is 0 Å². The maximum atomic E-state index is 5.68. The lowest BCUT2D eigenvalue weighted by molar-refractivity contribution is 0.240. The SMILES string of the molecule is CC(Br)CC(C)(C)c1cncc(OC(C)C)c1. The number of aromatic nitrogens is 1. The highest BCUT2D eigenvalue weighted by Gasteiger charge is 2.23. The predicted octanol–water partition coefficient (Wildman–Crippen LogP) is 4.32. The van der Waals surface area contributed by atoms with Crippen LogP contribution >= 0.6 is 15.9 Å². The van der Waals surface area contributed by atoms with E-state index in [-0.39, 0.29) is 11.5 Å². The van der Waals surface area contributed by atoms with E-state index >= 15 is 0 Å². The molecule has 96 valence electrons. The molecule has 0 aromatic carbocycles. The zero-order valence-corrected chi connectivity index (χ0v) is 12.9. The van der Waals surface area contributed by atoms with Crippen LogP contribution in [0.4, 0.5) is 0 Å². The minimum atomic E-state index is 0.103.